The lowest BCUT2D eigenvalue weighted by Gasteiger charge is -2.49. The highest BCUT2D eigenvalue weighted by molar-refractivity contribution is 5.96. The normalized spacial score (nSPS) is 19.8. The van der Waals surface area contributed by atoms with Gasteiger partial charge < -0.3 is 20.1 Å². The minimum Gasteiger partial charge on any atom is -0.507 e. The van der Waals surface area contributed by atoms with Crippen molar-refractivity contribution in [3.05, 3.63) is 47.7 Å². The molecule has 0 aliphatic carbocycles. The molecule has 0 amide bonds. The van der Waals surface area contributed by atoms with Crippen LogP contribution < -0.4 is 10.2 Å². The number of piperidine rings is 1. The van der Waals surface area contributed by atoms with Crippen molar-refractivity contribution >= 4 is 22.3 Å². The summed E-state index contributed by atoms with van der Waals surface area (Å²) in [5.41, 5.74) is 5.50. The first-order valence-corrected chi connectivity index (χ1v) is 12.8. The van der Waals surface area contributed by atoms with Crippen molar-refractivity contribution in [1.29, 1.82) is 0 Å². The quantitative estimate of drug-likeness (QED) is 0.520. The molecule has 1 saturated heterocycles. The third-order valence-corrected chi connectivity index (χ3v) is 7.37. The molecule has 2 N–H and O–H groups in total. The number of hydrogen-bond acceptors (Lipinski definition) is 7. The van der Waals surface area contributed by atoms with Gasteiger partial charge in [-0.2, -0.15) is 0 Å². The molecular weight excluding hydrogens is 450 g/mol. The lowest BCUT2D eigenvalue weighted by Crippen LogP contribution is -2.62. The number of fused-ring (bicyclic) bond motifs is 1. The zero-order valence-electron chi connectivity index (χ0n) is 22.2. The number of nitrogens with one attached hydrogen (secondary N) is 1. The minimum absolute atomic E-state index is 0.0505. The molecule has 5 rings (SSSR count). The molecule has 0 atom stereocenters. The van der Waals surface area contributed by atoms with E-state index in [0.29, 0.717) is 30.5 Å². The van der Waals surface area contributed by atoms with E-state index in [9.17, 15) is 5.11 Å². The number of benzene rings is 1. The molecule has 1 aromatic carbocycles. The largest absolute Gasteiger partial charge is 0.507 e. The molecule has 2 aromatic heterocycles. The summed E-state index contributed by atoms with van der Waals surface area (Å²) in [6, 6.07) is 10.2. The number of aryl methyl sites for hydroxylation is 1. The summed E-state index contributed by atoms with van der Waals surface area (Å²) in [5.74, 6) is 0.993. The molecule has 0 spiro atoms. The standard InChI is InChI=1S/C29H37N5O2/c1-18-13-21(19-9-11-36-12-10-19)22-14-23(26(35)15-25(22)30-18)24-7-8-27(32-31-24)34(6)20-16-28(2,3)33-29(4,5)17-20/h7-9,13-15,20,33,35H,10-12,16-17H2,1-6H3. The van der Waals surface area contributed by atoms with Crippen molar-refractivity contribution in [2.75, 3.05) is 25.2 Å². The maximum absolute atomic E-state index is 10.9. The second-order valence-corrected chi connectivity index (χ2v) is 11.6. The summed E-state index contributed by atoms with van der Waals surface area (Å²) < 4.78 is 5.51. The number of anilines is 1. The smallest absolute Gasteiger partial charge is 0.151 e. The van der Waals surface area contributed by atoms with Gasteiger partial charge >= 0.3 is 0 Å². The van der Waals surface area contributed by atoms with Crippen molar-refractivity contribution in [3.63, 3.8) is 0 Å². The van der Waals surface area contributed by atoms with Crippen LogP contribution in [0.3, 0.4) is 0 Å². The Morgan fingerprint density at radius 3 is 2.42 bits per heavy atom. The first-order chi connectivity index (χ1) is 17.0. The van der Waals surface area contributed by atoms with Gasteiger partial charge in [0.15, 0.2) is 5.82 Å². The van der Waals surface area contributed by atoms with Crippen LogP contribution in [0.25, 0.3) is 27.7 Å². The summed E-state index contributed by atoms with van der Waals surface area (Å²) in [7, 11) is 2.10. The van der Waals surface area contributed by atoms with Crippen LogP contribution in [-0.4, -0.2) is 57.7 Å². The summed E-state index contributed by atoms with van der Waals surface area (Å²) in [6.07, 6.45) is 5.05. The number of phenolic OH excluding ortho intramolecular Hbond substituents is 1. The molecule has 2 aliphatic rings. The molecule has 1 fully saturated rings. The van der Waals surface area contributed by atoms with E-state index < -0.39 is 0 Å². The topological polar surface area (TPSA) is 83.4 Å². The Bertz CT molecular complexity index is 1300. The monoisotopic (exact) mass is 487 g/mol. The van der Waals surface area contributed by atoms with E-state index in [2.05, 4.69) is 72.3 Å². The van der Waals surface area contributed by atoms with E-state index in [1.807, 2.05) is 25.1 Å². The van der Waals surface area contributed by atoms with Gasteiger partial charge in [0.1, 0.15) is 5.75 Å². The average Bonchev–Trinajstić information content (AvgIpc) is 2.81. The Morgan fingerprint density at radius 2 is 1.78 bits per heavy atom. The Hall–Kier alpha value is -3.03. The fraction of sp³-hybridized carbons (Fsp3) is 0.483. The van der Waals surface area contributed by atoms with Crippen LogP contribution in [0.1, 0.15) is 58.2 Å². The summed E-state index contributed by atoms with van der Waals surface area (Å²) in [5, 5.41) is 24.8. The van der Waals surface area contributed by atoms with E-state index in [1.165, 1.54) is 5.57 Å². The van der Waals surface area contributed by atoms with Gasteiger partial charge in [-0.3, -0.25) is 4.98 Å². The fourth-order valence-electron chi connectivity index (χ4n) is 6.02. The van der Waals surface area contributed by atoms with Crippen molar-refractivity contribution in [2.24, 2.45) is 0 Å². The van der Waals surface area contributed by atoms with Gasteiger partial charge in [-0.05, 0) is 89.3 Å². The maximum atomic E-state index is 10.9. The number of ether oxygens (including phenoxy) is 1. The highest BCUT2D eigenvalue weighted by Crippen LogP contribution is 2.37. The van der Waals surface area contributed by atoms with E-state index in [-0.39, 0.29) is 16.8 Å². The highest BCUT2D eigenvalue weighted by Gasteiger charge is 2.39. The molecular formula is C29H37N5O2. The van der Waals surface area contributed by atoms with E-state index >= 15 is 0 Å². The predicted molar refractivity (Wildman–Crippen MR) is 145 cm³/mol. The third-order valence-electron chi connectivity index (χ3n) is 7.37. The number of pyridine rings is 1. The van der Waals surface area contributed by atoms with Crippen LogP contribution in [0.4, 0.5) is 5.82 Å². The molecule has 3 aromatic rings. The van der Waals surface area contributed by atoms with Crippen molar-refractivity contribution in [2.45, 2.75) is 71.0 Å². The Balaban J connectivity index is 1.48. The van der Waals surface area contributed by atoms with Gasteiger partial charge in [0, 0.05) is 46.9 Å². The molecule has 7 heteroatoms. The number of aromatic nitrogens is 3. The molecule has 2 aliphatic heterocycles. The van der Waals surface area contributed by atoms with E-state index in [4.69, 9.17) is 4.74 Å². The molecule has 0 unspecified atom stereocenters. The molecule has 0 saturated carbocycles. The van der Waals surface area contributed by atoms with Crippen molar-refractivity contribution in [3.8, 4) is 17.0 Å². The van der Waals surface area contributed by atoms with Crippen LogP contribution in [0.2, 0.25) is 0 Å². The van der Waals surface area contributed by atoms with Crippen LogP contribution in [0.15, 0.2) is 36.4 Å². The fourth-order valence-corrected chi connectivity index (χ4v) is 6.02. The molecule has 4 heterocycles. The molecule has 36 heavy (non-hydrogen) atoms. The first-order valence-electron chi connectivity index (χ1n) is 12.8. The molecule has 7 nitrogen and oxygen atoms in total. The first kappa shape index (κ1) is 24.7. The summed E-state index contributed by atoms with van der Waals surface area (Å²) >= 11 is 0. The zero-order valence-corrected chi connectivity index (χ0v) is 22.2. The van der Waals surface area contributed by atoms with Crippen LogP contribution in [-0.2, 0) is 4.74 Å². The SMILES string of the molecule is Cc1cc(C2=CCOCC2)c2cc(-c3ccc(N(C)C4CC(C)(C)NC(C)(C)C4)nn3)c(O)cc2n1. The number of phenols is 1. The van der Waals surface area contributed by atoms with Crippen LogP contribution in [0, 0.1) is 6.92 Å². The number of nitrogens with zero attached hydrogens (tertiary/aromatic N) is 4. The van der Waals surface area contributed by atoms with E-state index in [1.54, 1.807) is 6.07 Å². The number of hydrogen-bond donors (Lipinski definition) is 2. The van der Waals surface area contributed by atoms with Gasteiger partial charge in [0.25, 0.3) is 0 Å². The average molecular weight is 488 g/mol. The molecule has 190 valence electrons. The van der Waals surface area contributed by atoms with Crippen LogP contribution >= 0.6 is 0 Å². The summed E-state index contributed by atoms with van der Waals surface area (Å²) in [6.45, 7) is 12.3. The highest BCUT2D eigenvalue weighted by atomic mass is 16.5. The van der Waals surface area contributed by atoms with Gasteiger partial charge in [-0.25, -0.2) is 0 Å². The lowest BCUT2D eigenvalue weighted by molar-refractivity contribution is 0.160. The Labute approximate surface area is 213 Å². The maximum Gasteiger partial charge on any atom is 0.151 e. The predicted octanol–water partition coefficient (Wildman–Crippen LogP) is 5.25. The second kappa shape index (κ2) is 9.12. The summed E-state index contributed by atoms with van der Waals surface area (Å²) in [4.78, 5) is 6.91. The van der Waals surface area contributed by atoms with Gasteiger partial charge in [0.05, 0.1) is 24.4 Å². The minimum atomic E-state index is 0.0505. The third kappa shape index (κ3) is 4.95. The second-order valence-electron chi connectivity index (χ2n) is 11.6. The van der Waals surface area contributed by atoms with Gasteiger partial charge in [-0.1, -0.05) is 6.08 Å². The van der Waals surface area contributed by atoms with Crippen molar-refractivity contribution < 1.29 is 9.84 Å². The van der Waals surface area contributed by atoms with Gasteiger partial charge in [-0.15, -0.1) is 10.2 Å². The van der Waals surface area contributed by atoms with Crippen LogP contribution in [0.5, 0.6) is 5.75 Å². The Morgan fingerprint density at radius 1 is 1.03 bits per heavy atom. The zero-order chi connectivity index (χ0) is 25.7. The van der Waals surface area contributed by atoms with E-state index in [0.717, 1.165) is 47.2 Å². The lowest BCUT2D eigenvalue weighted by atomic mass is 9.79. The number of rotatable bonds is 4. The van der Waals surface area contributed by atoms with Gasteiger partial charge in [0.2, 0.25) is 0 Å². The van der Waals surface area contributed by atoms with Crippen molar-refractivity contribution in [1.82, 2.24) is 20.5 Å². The number of aromatic hydroxyl groups is 1. The Kier molecular flexibility index (Phi) is 6.25. The molecule has 0 bridgehead atoms. The molecule has 0 radical (unpaired) electrons.